The Hall–Kier alpha value is -2.19. The Morgan fingerprint density at radius 2 is 1.67 bits per heavy atom. The van der Waals surface area contributed by atoms with Crippen LogP contribution in [0.15, 0.2) is 48.5 Å². The second-order valence-electron chi connectivity index (χ2n) is 7.18. The molecule has 1 aliphatic carbocycles. The van der Waals surface area contributed by atoms with Gasteiger partial charge in [0.1, 0.15) is 11.6 Å². The first kappa shape index (κ1) is 18.2. The first-order valence-corrected chi connectivity index (χ1v) is 9.85. The number of halogens is 3. The molecule has 0 spiro atoms. The molecule has 0 N–H and O–H groups in total. The van der Waals surface area contributed by atoms with Gasteiger partial charge >= 0.3 is 0 Å². The Morgan fingerprint density at radius 1 is 0.889 bits per heavy atom. The van der Waals surface area contributed by atoms with Crippen LogP contribution in [0.5, 0.6) is 0 Å². The predicted octanol–water partition coefficient (Wildman–Crippen LogP) is 7.39. The van der Waals surface area contributed by atoms with Gasteiger partial charge in [0.25, 0.3) is 0 Å². The highest BCUT2D eigenvalue weighted by atomic mass is 35.5. The number of hydrogen-bond donors (Lipinski definition) is 0. The van der Waals surface area contributed by atoms with Crippen molar-refractivity contribution in [1.82, 2.24) is 0 Å². The van der Waals surface area contributed by atoms with Gasteiger partial charge in [-0.25, -0.2) is 8.78 Å². The molecule has 0 bridgehead atoms. The van der Waals surface area contributed by atoms with E-state index in [1.807, 2.05) is 6.07 Å². The van der Waals surface area contributed by atoms with Gasteiger partial charge in [0, 0.05) is 5.56 Å². The average molecular weight is 383 g/mol. The fraction of sp³-hybridized carbons (Fsp3) is 0.250. The van der Waals surface area contributed by atoms with E-state index < -0.39 is 5.82 Å². The van der Waals surface area contributed by atoms with Gasteiger partial charge in [-0.2, -0.15) is 0 Å². The van der Waals surface area contributed by atoms with Gasteiger partial charge in [0.2, 0.25) is 0 Å². The van der Waals surface area contributed by atoms with E-state index in [1.54, 1.807) is 12.1 Å². The van der Waals surface area contributed by atoms with Crippen molar-refractivity contribution in [1.29, 1.82) is 0 Å². The zero-order valence-electron chi connectivity index (χ0n) is 15.3. The molecular formula is C24H21ClF2. The lowest BCUT2D eigenvalue weighted by Gasteiger charge is -2.22. The minimum absolute atomic E-state index is 0.0462. The number of benzene rings is 3. The molecule has 0 fully saturated rings. The van der Waals surface area contributed by atoms with E-state index in [0.29, 0.717) is 17.5 Å². The number of aryl methyl sites for hydroxylation is 2. The van der Waals surface area contributed by atoms with E-state index >= 15 is 4.39 Å². The SMILES string of the molecule is CCCCc1ccc2c(c1)CCc1c-2ccc(-c2ccc(Cl)c(F)c2)c1F. The van der Waals surface area contributed by atoms with Crippen molar-refractivity contribution in [2.24, 2.45) is 0 Å². The minimum Gasteiger partial charge on any atom is -0.206 e. The molecule has 0 heterocycles. The minimum atomic E-state index is -0.531. The standard InChI is InChI=1S/C24H21ClF2/c1-2-3-4-15-5-8-18-16(13-15)6-9-21-20(18)11-10-19(24(21)27)17-7-12-22(25)23(26)14-17/h5,7-8,10-14H,2-4,6,9H2,1H3. The van der Waals surface area contributed by atoms with Gasteiger partial charge in [-0.15, -0.1) is 0 Å². The van der Waals surface area contributed by atoms with Gasteiger partial charge in [0.15, 0.2) is 0 Å². The Kier molecular flexibility index (Phi) is 5.01. The normalized spacial score (nSPS) is 12.6. The van der Waals surface area contributed by atoms with E-state index in [0.717, 1.165) is 29.5 Å². The van der Waals surface area contributed by atoms with Crippen LogP contribution in [-0.4, -0.2) is 0 Å². The molecule has 0 aliphatic heterocycles. The van der Waals surface area contributed by atoms with Crippen LogP contribution in [0.3, 0.4) is 0 Å². The predicted molar refractivity (Wildman–Crippen MR) is 108 cm³/mol. The van der Waals surface area contributed by atoms with E-state index in [9.17, 15) is 4.39 Å². The maximum atomic E-state index is 15.3. The third-order valence-corrected chi connectivity index (χ3v) is 5.70. The van der Waals surface area contributed by atoms with Crippen LogP contribution in [0.2, 0.25) is 5.02 Å². The lowest BCUT2D eigenvalue weighted by atomic mass is 9.82. The van der Waals surface area contributed by atoms with Crippen LogP contribution in [-0.2, 0) is 19.3 Å². The second kappa shape index (κ2) is 7.44. The number of rotatable bonds is 4. The van der Waals surface area contributed by atoms with E-state index in [1.165, 1.54) is 36.1 Å². The van der Waals surface area contributed by atoms with Crippen molar-refractivity contribution in [3.8, 4) is 22.3 Å². The van der Waals surface area contributed by atoms with E-state index in [4.69, 9.17) is 11.6 Å². The highest BCUT2D eigenvalue weighted by Gasteiger charge is 2.22. The summed E-state index contributed by atoms with van der Waals surface area (Å²) in [6.45, 7) is 2.20. The monoisotopic (exact) mass is 382 g/mol. The number of fused-ring (bicyclic) bond motifs is 3. The Balaban J connectivity index is 1.75. The quantitative estimate of drug-likeness (QED) is 0.441. The third-order valence-electron chi connectivity index (χ3n) is 5.40. The van der Waals surface area contributed by atoms with Crippen molar-refractivity contribution in [3.05, 3.63) is 81.9 Å². The van der Waals surface area contributed by atoms with Gasteiger partial charge in [0.05, 0.1) is 5.02 Å². The third kappa shape index (κ3) is 3.39. The molecular weight excluding hydrogens is 362 g/mol. The van der Waals surface area contributed by atoms with Crippen LogP contribution in [0.4, 0.5) is 8.78 Å². The fourth-order valence-electron chi connectivity index (χ4n) is 3.92. The molecule has 0 saturated heterocycles. The smallest absolute Gasteiger partial charge is 0.142 e. The highest BCUT2D eigenvalue weighted by molar-refractivity contribution is 6.30. The summed E-state index contributed by atoms with van der Waals surface area (Å²) in [6.07, 6.45) is 4.95. The lowest BCUT2D eigenvalue weighted by Crippen LogP contribution is -2.08. The van der Waals surface area contributed by atoms with Crippen LogP contribution < -0.4 is 0 Å². The maximum Gasteiger partial charge on any atom is 0.142 e. The molecule has 3 aromatic carbocycles. The van der Waals surface area contributed by atoms with Crippen LogP contribution in [0.25, 0.3) is 22.3 Å². The molecule has 0 nitrogen and oxygen atoms in total. The zero-order valence-corrected chi connectivity index (χ0v) is 16.0. The van der Waals surface area contributed by atoms with Gasteiger partial charge in [-0.3, -0.25) is 0 Å². The summed E-state index contributed by atoms with van der Waals surface area (Å²) >= 11 is 5.76. The highest BCUT2D eigenvalue weighted by Crippen LogP contribution is 2.39. The first-order chi connectivity index (χ1) is 13.1. The number of hydrogen-bond acceptors (Lipinski definition) is 0. The molecule has 3 aromatic rings. The van der Waals surface area contributed by atoms with Crippen molar-refractivity contribution in [2.75, 3.05) is 0 Å². The summed E-state index contributed by atoms with van der Waals surface area (Å²) in [5.41, 5.74) is 6.37. The van der Waals surface area contributed by atoms with Crippen molar-refractivity contribution >= 4 is 11.6 Å². The van der Waals surface area contributed by atoms with Gasteiger partial charge < -0.3 is 0 Å². The summed E-state index contributed by atoms with van der Waals surface area (Å²) < 4.78 is 29.1. The maximum absolute atomic E-state index is 15.3. The van der Waals surface area contributed by atoms with Gasteiger partial charge in [-0.1, -0.05) is 61.3 Å². The van der Waals surface area contributed by atoms with Crippen LogP contribution >= 0.6 is 11.6 Å². The molecule has 1 aliphatic rings. The van der Waals surface area contributed by atoms with Crippen molar-refractivity contribution < 1.29 is 8.78 Å². The Morgan fingerprint density at radius 3 is 2.44 bits per heavy atom. The topological polar surface area (TPSA) is 0 Å². The molecule has 3 heteroatoms. The van der Waals surface area contributed by atoms with E-state index in [2.05, 4.69) is 25.1 Å². The van der Waals surface area contributed by atoms with Crippen LogP contribution in [0.1, 0.15) is 36.5 Å². The summed E-state index contributed by atoms with van der Waals surface area (Å²) in [5, 5.41) is 0.0462. The van der Waals surface area contributed by atoms with Gasteiger partial charge in [-0.05, 0) is 71.2 Å². The number of unbranched alkanes of at least 4 members (excludes halogenated alkanes) is 1. The molecule has 0 atom stereocenters. The zero-order chi connectivity index (χ0) is 19.0. The lowest BCUT2D eigenvalue weighted by molar-refractivity contribution is 0.610. The summed E-state index contributed by atoms with van der Waals surface area (Å²) in [6, 6.07) is 14.7. The second-order valence-corrected chi connectivity index (χ2v) is 7.58. The molecule has 0 amide bonds. The molecule has 0 radical (unpaired) electrons. The first-order valence-electron chi connectivity index (χ1n) is 9.47. The Bertz CT molecular complexity index is 1010. The summed E-state index contributed by atoms with van der Waals surface area (Å²) in [7, 11) is 0. The molecule has 0 unspecified atom stereocenters. The molecule has 0 aromatic heterocycles. The summed E-state index contributed by atoms with van der Waals surface area (Å²) in [4.78, 5) is 0. The molecule has 138 valence electrons. The average Bonchev–Trinajstić information content (AvgIpc) is 2.68. The molecule has 4 rings (SSSR count). The Labute approximate surface area is 163 Å². The van der Waals surface area contributed by atoms with E-state index in [-0.39, 0.29) is 10.8 Å². The van der Waals surface area contributed by atoms with Crippen molar-refractivity contribution in [3.63, 3.8) is 0 Å². The van der Waals surface area contributed by atoms with Crippen LogP contribution in [0, 0.1) is 11.6 Å². The summed E-state index contributed by atoms with van der Waals surface area (Å²) in [5.74, 6) is -0.786. The molecule has 0 saturated carbocycles. The fourth-order valence-corrected chi connectivity index (χ4v) is 4.03. The largest absolute Gasteiger partial charge is 0.206 e. The molecule has 27 heavy (non-hydrogen) atoms. The van der Waals surface area contributed by atoms with Crippen molar-refractivity contribution in [2.45, 2.75) is 39.0 Å².